The number of nitrogens with two attached hydrogens (primary N) is 2. The molecule has 0 bridgehead atoms. The van der Waals surface area contributed by atoms with E-state index in [4.69, 9.17) is 11.5 Å². The van der Waals surface area contributed by atoms with E-state index in [-0.39, 0.29) is 0 Å². The summed E-state index contributed by atoms with van der Waals surface area (Å²) in [6, 6.07) is 0.396. The molecule has 5 heteroatoms. The molecule has 1 fully saturated rings. The second kappa shape index (κ2) is 3.10. The van der Waals surface area contributed by atoms with Crippen LogP contribution in [0, 0.1) is 5.92 Å². The summed E-state index contributed by atoms with van der Waals surface area (Å²) in [5, 5.41) is 5.23. The number of anilines is 2. The maximum absolute atomic E-state index is 5.91. The number of aromatic nitrogens is 3. The van der Waals surface area contributed by atoms with Gasteiger partial charge in [0.2, 0.25) is 0 Å². The van der Waals surface area contributed by atoms with Crippen LogP contribution in [-0.4, -0.2) is 14.8 Å². The van der Waals surface area contributed by atoms with Crippen LogP contribution < -0.4 is 11.5 Å². The molecule has 5 nitrogen and oxygen atoms in total. The van der Waals surface area contributed by atoms with E-state index in [1.807, 2.05) is 4.68 Å². The van der Waals surface area contributed by atoms with Gasteiger partial charge in [0.05, 0.1) is 35.2 Å². The van der Waals surface area contributed by atoms with Crippen LogP contribution in [0.1, 0.15) is 25.8 Å². The topological polar surface area (TPSA) is 82.8 Å². The SMILES string of the molecule is CC(C1CC1)n1ncc2c(N)c(N)cnc21. The van der Waals surface area contributed by atoms with Crippen LogP contribution in [0.25, 0.3) is 11.0 Å². The molecule has 0 radical (unpaired) electrons. The summed E-state index contributed by atoms with van der Waals surface area (Å²) in [6.45, 7) is 2.18. The van der Waals surface area contributed by atoms with Crippen LogP contribution in [0.4, 0.5) is 11.4 Å². The Morgan fingerprint density at radius 2 is 2.12 bits per heavy atom. The highest BCUT2D eigenvalue weighted by Gasteiger charge is 2.30. The van der Waals surface area contributed by atoms with Gasteiger partial charge in [0, 0.05) is 0 Å². The van der Waals surface area contributed by atoms with Crippen LogP contribution in [0.2, 0.25) is 0 Å². The van der Waals surface area contributed by atoms with E-state index >= 15 is 0 Å². The molecule has 1 unspecified atom stereocenters. The molecule has 0 amide bonds. The Morgan fingerprint density at radius 3 is 2.81 bits per heavy atom. The van der Waals surface area contributed by atoms with Gasteiger partial charge in [-0.2, -0.15) is 5.10 Å². The van der Waals surface area contributed by atoms with Crippen molar-refractivity contribution in [1.29, 1.82) is 0 Å². The Morgan fingerprint density at radius 1 is 1.38 bits per heavy atom. The number of fused-ring (bicyclic) bond motifs is 1. The Kier molecular flexibility index (Phi) is 1.83. The summed E-state index contributed by atoms with van der Waals surface area (Å²) in [5.41, 5.74) is 13.6. The summed E-state index contributed by atoms with van der Waals surface area (Å²) in [6.07, 6.45) is 5.93. The normalized spacial score (nSPS) is 17.8. The molecule has 16 heavy (non-hydrogen) atoms. The summed E-state index contributed by atoms with van der Waals surface area (Å²) < 4.78 is 1.96. The highest BCUT2D eigenvalue weighted by molar-refractivity contribution is 5.93. The lowest BCUT2D eigenvalue weighted by Crippen LogP contribution is -2.09. The third-order valence-electron chi connectivity index (χ3n) is 3.39. The van der Waals surface area contributed by atoms with Gasteiger partial charge >= 0.3 is 0 Å². The summed E-state index contributed by atoms with van der Waals surface area (Å²) in [7, 11) is 0. The van der Waals surface area contributed by atoms with Crippen LogP contribution >= 0.6 is 0 Å². The molecule has 2 aromatic heterocycles. The minimum atomic E-state index is 0.396. The van der Waals surface area contributed by atoms with Crippen molar-refractivity contribution in [2.75, 3.05) is 11.5 Å². The van der Waals surface area contributed by atoms with Gasteiger partial charge in [-0.05, 0) is 25.7 Å². The summed E-state index contributed by atoms with van der Waals surface area (Å²) >= 11 is 0. The van der Waals surface area contributed by atoms with Gasteiger partial charge in [-0.15, -0.1) is 0 Å². The van der Waals surface area contributed by atoms with Crippen LogP contribution in [0.3, 0.4) is 0 Å². The zero-order valence-corrected chi connectivity index (χ0v) is 9.22. The molecule has 4 N–H and O–H groups in total. The minimum Gasteiger partial charge on any atom is -0.396 e. The number of nitrogen functional groups attached to an aromatic ring is 2. The molecule has 84 valence electrons. The predicted octanol–water partition coefficient (Wildman–Crippen LogP) is 1.57. The van der Waals surface area contributed by atoms with Gasteiger partial charge in [0.1, 0.15) is 0 Å². The first-order valence-corrected chi connectivity index (χ1v) is 5.55. The molecule has 1 aliphatic rings. The Hall–Kier alpha value is -1.78. The number of nitrogens with zero attached hydrogens (tertiary/aromatic N) is 3. The molecule has 2 aromatic rings. The smallest absolute Gasteiger partial charge is 0.160 e. The van der Waals surface area contributed by atoms with Crippen LogP contribution in [-0.2, 0) is 0 Å². The monoisotopic (exact) mass is 217 g/mol. The lowest BCUT2D eigenvalue weighted by atomic mass is 10.2. The lowest BCUT2D eigenvalue weighted by Gasteiger charge is -2.11. The number of hydrogen-bond donors (Lipinski definition) is 2. The van der Waals surface area contributed by atoms with Crippen molar-refractivity contribution in [2.45, 2.75) is 25.8 Å². The average Bonchev–Trinajstić information content (AvgIpc) is 3.03. The Labute approximate surface area is 93.4 Å². The standard InChI is InChI=1S/C11H15N5/c1-6(7-2-3-7)16-11-8(4-15-16)10(13)9(12)5-14-11/h4-7H,2-3,12H2,1H3,(H2,13,14). The quantitative estimate of drug-likeness (QED) is 0.799. The number of rotatable bonds is 2. The fourth-order valence-corrected chi connectivity index (χ4v) is 2.11. The second-order valence-corrected chi connectivity index (χ2v) is 4.53. The first-order chi connectivity index (χ1) is 7.68. The molecule has 0 aromatic carbocycles. The van der Waals surface area contributed by atoms with Crippen molar-refractivity contribution in [3.8, 4) is 0 Å². The van der Waals surface area contributed by atoms with Crippen molar-refractivity contribution >= 4 is 22.4 Å². The maximum Gasteiger partial charge on any atom is 0.160 e. The highest BCUT2D eigenvalue weighted by atomic mass is 15.3. The fourth-order valence-electron chi connectivity index (χ4n) is 2.11. The van der Waals surface area contributed by atoms with E-state index in [2.05, 4.69) is 17.0 Å². The third-order valence-corrected chi connectivity index (χ3v) is 3.39. The zero-order chi connectivity index (χ0) is 11.3. The van der Waals surface area contributed by atoms with Crippen molar-refractivity contribution in [1.82, 2.24) is 14.8 Å². The van der Waals surface area contributed by atoms with E-state index in [9.17, 15) is 0 Å². The molecule has 0 spiro atoms. The number of hydrogen-bond acceptors (Lipinski definition) is 4. The van der Waals surface area contributed by atoms with Crippen molar-refractivity contribution in [3.63, 3.8) is 0 Å². The second-order valence-electron chi connectivity index (χ2n) is 4.53. The molecule has 1 atom stereocenters. The third kappa shape index (κ3) is 1.24. The van der Waals surface area contributed by atoms with Gasteiger partial charge < -0.3 is 11.5 Å². The molecule has 3 rings (SSSR count). The highest BCUT2D eigenvalue weighted by Crippen LogP contribution is 2.40. The van der Waals surface area contributed by atoms with Gasteiger partial charge in [0.25, 0.3) is 0 Å². The Bertz CT molecular complexity index is 541. The fraction of sp³-hybridized carbons (Fsp3) is 0.455. The minimum absolute atomic E-state index is 0.396. The number of pyridine rings is 1. The van der Waals surface area contributed by atoms with Crippen molar-refractivity contribution in [2.24, 2.45) is 5.92 Å². The molecule has 2 heterocycles. The van der Waals surface area contributed by atoms with E-state index in [0.29, 0.717) is 17.4 Å². The molecule has 0 aliphatic heterocycles. The molecule has 1 aliphatic carbocycles. The first-order valence-electron chi connectivity index (χ1n) is 5.55. The van der Waals surface area contributed by atoms with Crippen molar-refractivity contribution < 1.29 is 0 Å². The maximum atomic E-state index is 5.91. The molecule has 0 saturated heterocycles. The van der Waals surface area contributed by atoms with Gasteiger partial charge in [-0.3, -0.25) is 0 Å². The molecule has 1 saturated carbocycles. The lowest BCUT2D eigenvalue weighted by molar-refractivity contribution is 0.451. The largest absolute Gasteiger partial charge is 0.396 e. The van der Waals surface area contributed by atoms with E-state index < -0.39 is 0 Å². The summed E-state index contributed by atoms with van der Waals surface area (Å²) in [4.78, 5) is 4.33. The van der Waals surface area contributed by atoms with Crippen molar-refractivity contribution in [3.05, 3.63) is 12.4 Å². The first kappa shape index (κ1) is 9.45. The summed E-state index contributed by atoms with van der Waals surface area (Å²) in [5.74, 6) is 0.740. The van der Waals surface area contributed by atoms with E-state index in [0.717, 1.165) is 17.0 Å². The average molecular weight is 217 g/mol. The zero-order valence-electron chi connectivity index (χ0n) is 9.22. The molecular weight excluding hydrogens is 202 g/mol. The molecular formula is C11H15N5. The van der Waals surface area contributed by atoms with Crippen LogP contribution in [0.5, 0.6) is 0 Å². The van der Waals surface area contributed by atoms with Gasteiger partial charge in [0.15, 0.2) is 5.65 Å². The van der Waals surface area contributed by atoms with Gasteiger partial charge in [-0.25, -0.2) is 9.67 Å². The van der Waals surface area contributed by atoms with E-state index in [1.54, 1.807) is 12.4 Å². The van der Waals surface area contributed by atoms with E-state index in [1.165, 1.54) is 12.8 Å². The van der Waals surface area contributed by atoms with Crippen LogP contribution in [0.15, 0.2) is 12.4 Å². The predicted molar refractivity (Wildman–Crippen MR) is 63.8 cm³/mol. The Balaban J connectivity index is 2.16. The van der Waals surface area contributed by atoms with Gasteiger partial charge in [-0.1, -0.05) is 0 Å².